The molecule has 1 fully saturated rings. The first-order chi connectivity index (χ1) is 13.0. The molecule has 0 radical (unpaired) electrons. The zero-order valence-electron chi connectivity index (χ0n) is 14.9. The maximum Gasteiger partial charge on any atom is 0.332 e. The van der Waals surface area contributed by atoms with Crippen LogP contribution < -0.4 is 4.74 Å². The molecule has 0 unspecified atom stereocenters. The number of esters is 1. The molecule has 1 aliphatic rings. The van der Waals surface area contributed by atoms with Crippen LogP contribution in [0.3, 0.4) is 0 Å². The van der Waals surface area contributed by atoms with Crippen LogP contribution in [-0.4, -0.2) is 32.4 Å². The Morgan fingerprint density at radius 1 is 1.26 bits per heavy atom. The minimum absolute atomic E-state index is 0.182. The summed E-state index contributed by atoms with van der Waals surface area (Å²) in [5, 5.41) is 0. The smallest absolute Gasteiger partial charge is 0.332 e. The van der Waals surface area contributed by atoms with Crippen LogP contribution in [0, 0.1) is 5.82 Å². The van der Waals surface area contributed by atoms with Crippen molar-refractivity contribution in [2.24, 2.45) is 0 Å². The highest BCUT2D eigenvalue weighted by molar-refractivity contribution is 9.10. The summed E-state index contributed by atoms with van der Waals surface area (Å²) in [7, 11) is 0. The number of benzene rings is 2. The van der Waals surface area contributed by atoms with Gasteiger partial charge in [-0.2, -0.15) is 0 Å². The molecule has 2 aromatic carbocycles. The lowest BCUT2D eigenvalue weighted by Gasteiger charge is -2.41. The Labute approximate surface area is 165 Å². The van der Waals surface area contributed by atoms with Gasteiger partial charge in [0.15, 0.2) is 0 Å². The van der Waals surface area contributed by atoms with E-state index in [4.69, 9.17) is 18.9 Å². The molecule has 5 nitrogen and oxygen atoms in total. The summed E-state index contributed by atoms with van der Waals surface area (Å²) in [5.41, 5.74) is 0.336. The van der Waals surface area contributed by atoms with Crippen LogP contribution in [0.15, 0.2) is 46.9 Å². The molecule has 0 amide bonds. The minimum Gasteiger partial charge on any atom is -0.489 e. The summed E-state index contributed by atoms with van der Waals surface area (Å²) in [4.78, 5) is 11.5. The Morgan fingerprint density at radius 3 is 2.70 bits per heavy atom. The van der Waals surface area contributed by atoms with E-state index in [1.807, 2.05) is 24.3 Å². The van der Waals surface area contributed by atoms with Crippen LogP contribution in [0.1, 0.15) is 18.1 Å². The molecular formula is C20H20BrFO5. The average Bonchev–Trinajstić information content (AvgIpc) is 2.60. The fourth-order valence-corrected chi connectivity index (χ4v) is 3.20. The Balaban J connectivity index is 1.67. The summed E-state index contributed by atoms with van der Waals surface area (Å²) < 4.78 is 37.0. The van der Waals surface area contributed by atoms with E-state index < -0.39 is 17.4 Å². The monoisotopic (exact) mass is 438 g/mol. The van der Waals surface area contributed by atoms with Gasteiger partial charge in [-0.05, 0) is 36.8 Å². The lowest BCUT2D eigenvalue weighted by molar-refractivity contribution is -0.222. The van der Waals surface area contributed by atoms with E-state index in [2.05, 4.69) is 15.9 Å². The first-order valence-corrected chi connectivity index (χ1v) is 9.36. The molecule has 0 saturated carbocycles. The van der Waals surface area contributed by atoms with Crippen LogP contribution >= 0.6 is 15.9 Å². The first-order valence-electron chi connectivity index (χ1n) is 8.57. The van der Waals surface area contributed by atoms with Crippen molar-refractivity contribution in [2.75, 3.05) is 26.4 Å². The van der Waals surface area contributed by atoms with Crippen LogP contribution in [0.5, 0.6) is 5.75 Å². The van der Waals surface area contributed by atoms with Gasteiger partial charge < -0.3 is 18.9 Å². The fourth-order valence-electron chi connectivity index (χ4n) is 2.75. The zero-order chi connectivity index (χ0) is 19.3. The Hall–Kier alpha value is -1.96. The molecule has 0 spiro atoms. The quantitative estimate of drug-likeness (QED) is 0.583. The minimum atomic E-state index is -0.973. The molecule has 1 heterocycles. The molecule has 27 heavy (non-hydrogen) atoms. The van der Waals surface area contributed by atoms with E-state index in [1.54, 1.807) is 19.1 Å². The second kappa shape index (κ2) is 8.82. The molecule has 1 aliphatic heterocycles. The summed E-state index contributed by atoms with van der Waals surface area (Å²) in [6, 6.07) is 12.3. The van der Waals surface area contributed by atoms with Crippen molar-refractivity contribution in [3.63, 3.8) is 0 Å². The molecule has 0 aliphatic carbocycles. The third kappa shape index (κ3) is 4.86. The van der Waals surface area contributed by atoms with Gasteiger partial charge in [-0.3, -0.25) is 0 Å². The highest BCUT2D eigenvalue weighted by Crippen LogP contribution is 2.36. The van der Waals surface area contributed by atoms with Crippen LogP contribution in [0.4, 0.5) is 4.39 Å². The van der Waals surface area contributed by atoms with Crippen LogP contribution in [-0.2, 0) is 31.2 Å². The molecular weight excluding hydrogens is 419 g/mol. The van der Waals surface area contributed by atoms with Gasteiger partial charge in [-0.25, -0.2) is 9.18 Å². The predicted molar refractivity (Wildman–Crippen MR) is 100.0 cm³/mol. The number of halogens is 2. The van der Waals surface area contributed by atoms with Gasteiger partial charge >= 0.3 is 5.97 Å². The molecule has 0 atom stereocenters. The van der Waals surface area contributed by atoms with Gasteiger partial charge in [-0.15, -0.1) is 0 Å². The average molecular weight is 439 g/mol. The number of rotatable bonds is 8. The summed E-state index contributed by atoms with van der Waals surface area (Å²) in [6.45, 7) is 2.42. The van der Waals surface area contributed by atoms with E-state index in [0.717, 1.165) is 10.0 Å². The summed E-state index contributed by atoms with van der Waals surface area (Å²) in [6.07, 6.45) is 0. The molecule has 144 valence electrons. The lowest BCUT2D eigenvalue weighted by Crippen LogP contribution is -2.50. The number of hydrogen-bond acceptors (Lipinski definition) is 5. The van der Waals surface area contributed by atoms with Gasteiger partial charge in [0.2, 0.25) is 0 Å². The highest BCUT2D eigenvalue weighted by atomic mass is 79.9. The molecule has 2 aromatic rings. The van der Waals surface area contributed by atoms with E-state index in [0.29, 0.717) is 17.9 Å². The van der Waals surface area contributed by atoms with Crippen molar-refractivity contribution < 1.29 is 28.1 Å². The van der Waals surface area contributed by atoms with Gasteiger partial charge in [-0.1, -0.05) is 28.1 Å². The van der Waals surface area contributed by atoms with Crippen molar-refractivity contribution in [1.29, 1.82) is 0 Å². The Bertz CT molecular complexity index is 807. The number of carbonyl (C=O) groups is 1. The van der Waals surface area contributed by atoms with E-state index in [9.17, 15) is 9.18 Å². The summed E-state index contributed by atoms with van der Waals surface area (Å²) in [5.74, 6) is -0.538. The maximum absolute atomic E-state index is 14.7. The number of hydrogen-bond donors (Lipinski definition) is 0. The Morgan fingerprint density at radius 2 is 2.07 bits per heavy atom. The standard InChI is InChI=1S/C20H20BrFO5/c1-2-25-19(23)11-27-20(12-24-13-20)17-7-6-16(9-18(17)22)26-10-14-4-3-5-15(21)8-14/h3-9H,2,10-13H2,1H3. The predicted octanol–water partition coefficient (Wildman–Crippen LogP) is 3.97. The SMILES string of the molecule is CCOC(=O)COC1(c2ccc(OCc3cccc(Br)c3)cc2F)COC1. The van der Waals surface area contributed by atoms with E-state index >= 15 is 0 Å². The van der Waals surface area contributed by atoms with Gasteiger partial charge in [0.05, 0.1) is 19.8 Å². The normalized spacial score (nSPS) is 15.1. The largest absolute Gasteiger partial charge is 0.489 e. The highest BCUT2D eigenvalue weighted by Gasteiger charge is 2.44. The van der Waals surface area contributed by atoms with Crippen molar-refractivity contribution >= 4 is 21.9 Å². The topological polar surface area (TPSA) is 54.0 Å². The lowest BCUT2D eigenvalue weighted by atomic mass is 9.91. The molecule has 7 heteroatoms. The van der Waals surface area contributed by atoms with Gasteiger partial charge in [0.1, 0.15) is 30.4 Å². The molecule has 3 rings (SSSR count). The third-order valence-electron chi connectivity index (χ3n) is 4.17. The summed E-state index contributed by atoms with van der Waals surface area (Å²) >= 11 is 3.41. The molecule has 0 bridgehead atoms. The zero-order valence-corrected chi connectivity index (χ0v) is 16.5. The fraction of sp³-hybridized carbons (Fsp3) is 0.350. The number of carbonyl (C=O) groups excluding carboxylic acids is 1. The second-order valence-corrected chi connectivity index (χ2v) is 7.06. The van der Waals surface area contributed by atoms with E-state index in [1.165, 1.54) is 6.07 Å². The number of ether oxygens (including phenoxy) is 4. The third-order valence-corrected chi connectivity index (χ3v) is 4.66. The van der Waals surface area contributed by atoms with Crippen LogP contribution in [0.2, 0.25) is 0 Å². The molecule has 0 N–H and O–H groups in total. The maximum atomic E-state index is 14.7. The molecule has 1 saturated heterocycles. The van der Waals surface area contributed by atoms with E-state index in [-0.39, 0.29) is 26.4 Å². The van der Waals surface area contributed by atoms with Crippen molar-refractivity contribution in [3.8, 4) is 5.75 Å². The van der Waals surface area contributed by atoms with Gasteiger partial charge in [0.25, 0.3) is 0 Å². The second-order valence-electron chi connectivity index (χ2n) is 6.14. The molecule has 0 aromatic heterocycles. The Kier molecular flexibility index (Phi) is 6.46. The first kappa shape index (κ1) is 19.8. The van der Waals surface area contributed by atoms with Crippen molar-refractivity contribution in [3.05, 3.63) is 63.9 Å². The van der Waals surface area contributed by atoms with Crippen molar-refractivity contribution in [2.45, 2.75) is 19.1 Å². The van der Waals surface area contributed by atoms with Gasteiger partial charge in [0, 0.05) is 16.1 Å². The van der Waals surface area contributed by atoms with Crippen LogP contribution in [0.25, 0.3) is 0 Å². The van der Waals surface area contributed by atoms with Crippen molar-refractivity contribution in [1.82, 2.24) is 0 Å².